The first-order valence-corrected chi connectivity index (χ1v) is 11.7. The second-order valence-electron chi connectivity index (χ2n) is 10.8. The number of rotatable bonds is 3. The summed E-state index contributed by atoms with van der Waals surface area (Å²) in [5.74, 6) is 6.11. The van der Waals surface area contributed by atoms with Crippen LogP contribution in [0.15, 0.2) is 12.7 Å². The highest BCUT2D eigenvalue weighted by Gasteiger charge is 2.58. The summed E-state index contributed by atoms with van der Waals surface area (Å²) in [6.45, 7) is 11.8. The molecule has 0 heterocycles. The topological polar surface area (TPSA) is 0 Å². The van der Waals surface area contributed by atoms with Gasteiger partial charge in [-0.3, -0.25) is 0 Å². The molecule has 0 N–H and O–H groups in total. The third-order valence-corrected chi connectivity index (χ3v) is 10.1. The molecule has 0 saturated heterocycles. The molecule has 0 amide bonds. The van der Waals surface area contributed by atoms with Gasteiger partial charge in [-0.2, -0.15) is 0 Å². The summed E-state index contributed by atoms with van der Waals surface area (Å²) >= 11 is 0. The van der Waals surface area contributed by atoms with Crippen molar-refractivity contribution in [2.45, 2.75) is 97.8 Å². The summed E-state index contributed by atoms with van der Waals surface area (Å²) in [5, 5.41) is 0. The lowest BCUT2D eigenvalue weighted by molar-refractivity contribution is -0.142. The average Bonchev–Trinajstić information content (AvgIpc) is 2.61. The van der Waals surface area contributed by atoms with Gasteiger partial charge in [-0.25, -0.2) is 0 Å². The highest BCUT2D eigenvalue weighted by molar-refractivity contribution is 5.09. The average molecular weight is 343 g/mol. The van der Waals surface area contributed by atoms with E-state index >= 15 is 0 Å². The molecule has 0 heteroatoms. The van der Waals surface area contributed by atoms with Crippen molar-refractivity contribution in [3.8, 4) is 0 Å². The molecule has 4 aliphatic carbocycles. The maximum Gasteiger partial charge on any atom is -0.0229 e. The van der Waals surface area contributed by atoms with Crippen molar-refractivity contribution in [2.24, 2.45) is 46.3 Å². The van der Waals surface area contributed by atoms with Gasteiger partial charge in [0.25, 0.3) is 0 Å². The van der Waals surface area contributed by atoms with Gasteiger partial charge in [0.2, 0.25) is 0 Å². The molecule has 4 fully saturated rings. The van der Waals surface area contributed by atoms with E-state index in [1.54, 1.807) is 25.7 Å². The largest absolute Gasteiger partial charge is 0.103 e. The molecular formula is C25H42. The summed E-state index contributed by atoms with van der Waals surface area (Å²) in [4.78, 5) is 0. The molecule has 0 radical (unpaired) electrons. The molecule has 0 aromatic carbocycles. The molecule has 0 aromatic rings. The van der Waals surface area contributed by atoms with Gasteiger partial charge in [0, 0.05) is 0 Å². The minimum absolute atomic E-state index is 0.632. The highest BCUT2D eigenvalue weighted by Crippen LogP contribution is 2.67. The Morgan fingerprint density at radius 3 is 2.44 bits per heavy atom. The molecular weight excluding hydrogens is 300 g/mol. The fourth-order valence-corrected chi connectivity index (χ4v) is 9.06. The first-order valence-electron chi connectivity index (χ1n) is 11.7. The molecule has 0 nitrogen and oxygen atoms in total. The first-order chi connectivity index (χ1) is 12.1. The Bertz CT molecular complexity index is 492. The zero-order chi connectivity index (χ0) is 17.7. The Labute approximate surface area is 157 Å². The second-order valence-corrected chi connectivity index (χ2v) is 10.8. The lowest BCUT2D eigenvalue weighted by atomic mass is 9.41. The summed E-state index contributed by atoms with van der Waals surface area (Å²) in [6.07, 6.45) is 20.2. The Morgan fingerprint density at radius 1 is 0.920 bits per heavy atom. The Hall–Kier alpha value is -0.260. The van der Waals surface area contributed by atoms with Crippen molar-refractivity contribution >= 4 is 0 Å². The molecule has 4 saturated carbocycles. The standard InChI is InChI=1S/C25H42/c1-5-14-24-15-12-21-20(22(24)11-10-18(3)17-24)13-16-25(6-2)19(4)8-7-9-23(21)25/h5,18-23H,1,6-17H2,2-4H3/t18-,19?,20?,21+,22?,23?,24?,25+/m0/s1. The van der Waals surface area contributed by atoms with E-state index in [1.807, 2.05) is 0 Å². The molecule has 0 spiro atoms. The van der Waals surface area contributed by atoms with Gasteiger partial charge in [0.15, 0.2) is 0 Å². The third kappa shape index (κ3) is 2.68. The van der Waals surface area contributed by atoms with Crippen molar-refractivity contribution < 1.29 is 0 Å². The van der Waals surface area contributed by atoms with E-state index in [2.05, 4.69) is 33.4 Å². The number of fused-ring (bicyclic) bond motifs is 5. The van der Waals surface area contributed by atoms with Crippen LogP contribution in [0.25, 0.3) is 0 Å². The van der Waals surface area contributed by atoms with Crippen LogP contribution in [0.1, 0.15) is 97.8 Å². The van der Waals surface area contributed by atoms with Gasteiger partial charge in [-0.1, -0.05) is 46.1 Å². The van der Waals surface area contributed by atoms with Crippen LogP contribution in [0, 0.1) is 46.3 Å². The van der Waals surface area contributed by atoms with Crippen LogP contribution in [0.2, 0.25) is 0 Å². The van der Waals surface area contributed by atoms with Crippen molar-refractivity contribution in [3.05, 3.63) is 12.7 Å². The lowest BCUT2D eigenvalue weighted by Gasteiger charge is -2.64. The zero-order valence-corrected chi connectivity index (χ0v) is 17.2. The monoisotopic (exact) mass is 342 g/mol. The fraction of sp³-hybridized carbons (Fsp3) is 0.920. The van der Waals surface area contributed by atoms with E-state index in [0.29, 0.717) is 10.8 Å². The number of hydrogen-bond acceptors (Lipinski definition) is 0. The minimum Gasteiger partial charge on any atom is -0.103 e. The van der Waals surface area contributed by atoms with E-state index in [4.69, 9.17) is 0 Å². The summed E-state index contributed by atoms with van der Waals surface area (Å²) in [6, 6.07) is 0. The zero-order valence-electron chi connectivity index (χ0n) is 17.2. The summed E-state index contributed by atoms with van der Waals surface area (Å²) in [7, 11) is 0. The number of allylic oxidation sites excluding steroid dienone is 1. The van der Waals surface area contributed by atoms with Crippen molar-refractivity contribution in [3.63, 3.8) is 0 Å². The lowest BCUT2D eigenvalue weighted by Crippen LogP contribution is -2.55. The van der Waals surface area contributed by atoms with Crippen molar-refractivity contribution in [2.75, 3.05) is 0 Å². The molecule has 0 bridgehead atoms. The van der Waals surface area contributed by atoms with E-state index < -0.39 is 0 Å². The summed E-state index contributed by atoms with van der Waals surface area (Å²) in [5.41, 5.74) is 1.34. The van der Waals surface area contributed by atoms with Gasteiger partial charge in [-0.05, 0) is 104 Å². The van der Waals surface area contributed by atoms with Crippen LogP contribution in [-0.2, 0) is 0 Å². The van der Waals surface area contributed by atoms with Gasteiger partial charge in [-0.15, -0.1) is 6.58 Å². The first kappa shape index (κ1) is 18.1. The van der Waals surface area contributed by atoms with E-state index in [1.165, 1.54) is 51.4 Å². The molecule has 25 heavy (non-hydrogen) atoms. The Kier molecular flexibility index (Phi) is 4.87. The van der Waals surface area contributed by atoms with E-state index in [-0.39, 0.29) is 0 Å². The number of hydrogen-bond donors (Lipinski definition) is 0. The molecule has 8 atom stereocenters. The van der Waals surface area contributed by atoms with Crippen LogP contribution in [0.4, 0.5) is 0 Å². The third-order valence-electron chi connectivity index (χ3n) is 10.1. The van der Waals surface area contributed by atoms with Gasteiger partial charge in [0.05, 0.1) is 0 Å². The molecule has 142 valence electrons. The Morgan fingerprint density at radius 2 is 1.68 bits per heavy atom. The van der Waals surface area contributed by atoms with Crippen LogP contribution < -0.4 is 0 Å². The van der Waals surface area contributed by atoms with Gasteiger partial charge in [0.1, 0.15) is 0 Å². The van der Waals surface area contributed by atoms with Gasteiger partial charge < -0.3 is 0 Å². The smallest absolute Gasteiger partial charge is 0.0229 e. The normalized spacial score (nSPS) is 52.6. The Balaban J connectivity index is 1.63. The molecule has 4 rings (SSSR count). The minimum atomic E-state index is 0.632. The van der Waals surface area contributed by atoms with Crippen LogP contribution >= 0.6 is 0 Å². The molecule has 0 aliphatic heterocycles. The maximum absolute atomic E-state index is 4.17. The predicted octanol–water partition coefficient (Wildman–Crippen LogP) is 7.64. The van der Waals surface area contributed by atoms with Crippen molar-refractivity contribution in [1.82, 2.24) is 0 Å². The highest BCUT2D eigenvalue weighted by atomic mass is 14.6. The van der Waals surface area contributed by atoms with Crippen LogP contribution in [0.5, 0.6) is 0 Å². The fourth-order valence-electron chi connectivity index (χ4n) is 9.06. The second kappa shape index (κ2) is 6.72. The van der Waals surface area contributed by atoms with Crippen LogP contribution in [-0.4, -0.2) is 0 Å². The van der Waals surface area contributed by atoms with E-state index in [0.717, 1.165) is 35.5 Å². The molecule has 5 unspecified atom stereocenters. The van der Waals surface area contributed by atoms with Gasteiger partial charge >= 0.3 is 0 Å². The quantitative estimate of drug-likeness (QED) is 0.462. The summed E-state index contributed by atoms with van der Waals surface area (Å²) < 4.78 is 0. The molecule has 0 aromatic heterocycles. The maximum atomic E-state index is 4.17. The van der Waals surface area contributed by atoms with Crippen LogP contribution in [0.3, 0.4) is 0 Å². The van der Waals surface area contributed by atoms with Crippen molar-refractivity contribution in [1.29, 1.82) is 0 Å². The molecule has 4 aliphatic rings. The predicted molar refractivity (Wildman–Crippen MR) is 108 cm³/mol. The van der Waals surface area contributed by atoms with E-state index in [9.17, 15) is 0 Å². The SMILES string of the molecule is C=CCC12CC[C@@H]3C(CC[C@]4(CC)C(C)CCCC34)C1CC[C@H](C)C2.